The summed E-state index contributed by atoms with van der Waals surface area (Å²) >= 11 is 5.94. The van der Waals surface area contributed by atoms with Crippen molar-refractivity contribution in [1.82, 2.24) is 0 Å². The second-order valence-corrected chi connectivity index (χ2v) is 7.66. The summed E-state index contributed by atoms with van der Waals surface area (Å²) in [7, 11) is -3.45. The van der Waals surface area contributed by atoms with E-state index in [-0.39, 0.29) is 5.91 Å². The molecule has 24 heavy (non-hydrogen) atoms. The zero-order valence-corrected chi connectivity index (χ0v) is 14.3. The smallest absolute Gasteiger partial charge is 0.265 e. The van der Waals surface area contributed by atoms with E-state index in [1.54, 1.807) is 42.5 Å². The normalized spacial score (nSPS) is 16.2. The molecule has 1 amide bonds. The summed E-state index contributed by atoms with van der Waals surface area (Å²) in [5.74, 6) is 0.271. The quantitative estimate of drug-likeness (QED) is 0.871. The molecule has 0 bridgehead atoms. The maximum absolute atomic E-state index is 12.4. The van der Waals surface area contributed by atoms with Crippen molar-refractivity contribution in [2.24, 2.45) is 0 Å². The summed E-state index contributed by atoms with van der Waals surface area (Å²) in [6.45, 7) is 0. The molecule has 8 heteroatoms. The van der Waals surface area contributed by atoms with E-state index in [0.717, 1.165) is 11.8 Å². The monoisotopic (exact) mass is 366 g/mol. The van der Waals surface area contributed by atoms with Crippen LogP contribution in [0.1, 0.15) is 5.56 Å². The predicted molar refractivity (Wildman–Crippen MR) is 93.1 cm³/mol. The van der Waals surface area contributed by atoms with Crippen LogP contribution < -0.4 is 14.8 Å². The number of anilines is 2. The fourth-order valence-corrected chi connectivity index (χ4v) is 3.23. The van der Waals surface area contributed by atoms with Gasteiger partial charge in [-0.15, -0.1) is 0 Å². The molecule has 2 N–H and O–H groups in total. The summed E-state index contributed by atoms with van der Waals surface area (Å²) in [4.78, 5) is 12.4. The van der Waals surface area contributed by atoms with Crippen molar-refractivity contribution in [2.75, 3.05) is 16.3 Å². The van der Waals surface area contributed by atoms with E-state index >= 15 is 0 Å². The number of fused-ring (bicyclic) bond motifs is 1. The van der Waals surface area contributed by atoms with Gasteiger partial charge in [-0.25, -0.2) is 8.42 Å². The first kappa shape index (κ1) is 16.6. The fourth-order valence-electron chi connectivity index (χ4n) is 2.46. The van der Waals surface area contributed by atoms with Crippen molar-refractivity contribution in [3.63, 3.8) is 0 Å². The first-order valence-corrected chi connectivity index (χ1v) is 9.41. The van der Waals surface area contributed by atoms with Gasteiger partial charge < -0.3 is 10.1 Å². The summed E-state index contributed by atoms with van der Waals surface area (Å²) < 4.78 is 30.8. The van der Waals surface area contributed by atoms with Crippen LogP contribution in [-0.4, -0.2) is 26.7 Å². The van der Waals surface area contributed by atoms with E-state index in [4.69, 9.17) is 16.3 Å². The molecular formula is C16H15ClN2O4S. The third-order valence-electron chi connectivity index (χ3n) is 3.47. The highest BCUT2D eigenvalue weighted by molar-refractivity contribution is 7.92. The van der Waals surface area contributed by atoms with Crippen LogP contribution in [0.4, 0.5) is 11.4 Å². The molecule has 1 heterocycles. The number of sulfonamides is 1. The first-order chi connectivity index (χ1) is 11.3. The van der Waals surface area contributed by atoms with Crippen molar-refractivity contribution in [3.8, 4) is 5.75 Å². The van der Waals surface area contributed by atoms with Crippen LogP contribution in [0.2, 0.25) is 5.02 Å². The standard InChI is InChI=1S/C16H15ClN2O4S/c1-24(21,22)19-13-5-3-2-4-12(13)18-16(20)15-9-10-8-11(17)6-7-14(10)23-15/h2-8,15,19H,9H2,1H3,(H,18,20)/t15-/m1/s1. The minimum atomic E-state index is -3.45. The van der Waals surface area contributed by atoms with Crippen LogP contribution in [0.3, 0.4) is 0 Å². The highest BCUT2D eigenvalue weighted by Gasteiger charge is 2.29. The molecule has 0 aliphatic carbocycles. The van der Waals surface area contributed by atoms with Crippen LogP contribution in [-0.2, 0) is 21.2 Å². The minimum absolute atomic E-state index is 0.298. The van der Waals surface area contributed by atoms with Gasteiger partial charge in [-0.3, -0.25) is 9.52 Å². The molecule has 126 valence electrons. The average molecular weight is 367 g/mol. The minimum Gasteiger partial charge on any atom is -0.480 e. The van der Waals surface area contributed by atoms with Crippen molar-refractivity contribution >= 4 is 38.9 Å². The Kier molecular flexibility index (Phi) is 4.38. The molecule has 1 aliphatic heterocycles. The summed E-state index contributed by atoms with van der Waals surface area (Å²) in [6.07, 6.45) is 0.764. The highest BCUT2D eigenvalue weighted by atomic mass is 35.5. The number of para-hydroxylation sites is 2. The van der Waals surface area contributed by atoms with Crippen molar-refractivity contribution in [1.29, 1.82) is 0 Å². The Morgan fingerprint density at radius 2 is 1.92 bits per heavy atom. The molecular weight excluding hydrogens is 352 g/mol. The second-order valence-electron chi connectivity index (χ2n) is 5.47. The molecule has 2 aromatic carbocycles. The third kappa shape index (κ3) is 3.80. The largest absolute Gasteiger partial charge is 0.480 e. The van der Waals surface area contributed by atoms with Gasteiger partial charge in [-0.1, -0.05) is 23.7 Å². The Bertz CT molecular complexity index is 899. The Labute approximate surface area is 144 Å². The number of ether oxygens (including phenoxy) is 1. The van der Waals surface area contributed by atoms with Gasteiger partial charge in [-0.2, -0.15) is 0 Å². The lowest BCUT2D eigenvalue weighted by molar-refractivity contribution is -0.122. The van der Waals surface area contributed by atoms with Crippen LogP contribution >= 0.6 is 11.6 Å². The molecule has 0 radical (unpaired) electrons. The maximum atomic E-state index is 12.4. The van der Waals surface area contributed by atoms with Crippen molar-refractivity contribution in [3.05, 3.63) is 53.1 Å². The number of rotatable bonds is 4. The number of nitrogens with one attached hydrogen (secondary N) is 2. The number of hydrogen-bond acceptors (Lipinski definition) is 4. The van der Waals surface area contributed by atoms with E-state index < -0.39 is 16.1 Å². The molecule has 0 fully saturated rings. The van der Waals surface area contributed by atoms with E-state index in [1.807, 2.05) is 0 Å². The first-order valence-electron chi connectivity index (χ1n) is 7.14. The molecule has 1 aliphatic rings. The lowest BCUT2D eigenvalue weighted by atomic mass is 10.1. The van der Waals surface area contributed by atoms with Crippen molar-refractivity contribution in [2.45, 2.75) is 12.5 Å². The lowest BCUT2D eigenvalue weighted by Crippen LogP contribution is -2.31. The van der Waals surface area contributed by atoms with Gasteiger partial charge in [0.1, 0.15) is 5.75 Å². The van der Waals surface area contributed by atoms with Crippen LogP contribution in [0.5, 0.6) is 5.75 Å². The second kappa shape index (κ2) is 6.33. The average Bonchev–Trinajstić information content (AvgIpc) is 2.91. The summed E-state index contributed by atoms with van der Waals surface area (Å²) in [5.41, 5.74) is 1.53. The van der Waals surface area contributed by atoms with Gasteiger partial charge in [0.25, 0.3) is 5.91 Å². The Balaban J connectivity index is 1.75. The number of halogens is 1. The van der Waals surface area contributed by atoms with Gasteiger partial charge in [0.15, 0.2) is 6.10 Å². The third-order valence-corrected chi connectivity index (χ3v) is 4.30. The predicted octanol–water partition coefficient (Wildman–Crippen LogP) is 2.65. The van der Waals surface area contributed by atoms with Gasteiger partial charge >= 0.3 is 0 Å². The molecule has 6 nitrogen and oxygen atoms in total. The van der Waals surface area contributed by atoms with Crippen LogP contribution in [0, 0.1) is 0 Å². The SMILES string of the molecule is CS(=O)(=O)Nc1ccccc1NC(=O)[C@H]1Cc2cc(Cl)ccc2O1. The Morgan fingerprint density at radius 3 is 2.62 bits per heavy atom. The molecule has 1 atom stereocenters. The van der Waals surface area contributed by atoms with E-state index in [9.17, 15) is 13.2 Å². The number of amides is 1. The number of carbonyl (C=O) groups is 1. The zero-order chi connectivity index (χ0) is 17.3. The molecule has 2 aromatic rings. The van der Waals surface area contributed by atoms with Gasteiger partial charge in [-0.05, 0) is 35.9 Å². The molecule has 0 saturated carbocycles. The van der Waals surface area contributed by atoms with Crippen LogP contribution in [0.15, 0.2) is 42.5 Å². The summed E-state index contributed by atoms with van der Waals surface area (Å²) in [5, 5.41) is 3.29. The molecule has 0 aromatic heterocycles. The number of benzene rings is 2. The molecule has 0 spiro atoms. The van der Waals surface area contributed by atoms with Crippen molar-refractivity contribution < 1.29 is 17.9 Å². The zero-order valence-electron chi connectivity index (χ0n) is 12.7. The maximum Gasteiger partial charge on any atom is 0.265 e. The highest BCUT2D eigenvalue weighted by Crippen LogP contribution is 2.32. The van der Waals surface area contributed by atoms with Crippen LogP contribution in [0.25, 0.3) is 0 Å². The van der Waals surface area contributed by atoms with Gasteiger partial charge in [0.05, 0.1) is 17.6 Å². The van der Waals surface area contributed by atoms with E-state index in [0.29, 0.717) is 28.6 Å². The number of hydrogen-bond donors (Lipinski definition) is 2. The van der Waals surface area contributed by atoms with Gasteiger partial charge in [0.2, 0.25) is 10.0 Å². The Hall–Kier alpha value is -2.25. The molecule has 3 rings (SSSR count). The Morgan fingerprint density at radius 1 is 1.21 bits per heavy atom. The van der Waals surface area contributed by atoms with E-state index in [1.165, 1.54) is 0 Å². The molecule has 0 saturated heterocycles. The van der Waals surface area contributed by atoms with E-state index in [2.05, 4.69) is 10.0 Å². The molecule has 0 unspecified atom stereocenters. The lowest BCUT2D eigenvalue weighted by Gasteiger charge is -2.14. The summed E-state index contributed by atoms with van der Waals surface area (Å²) in [6, 6.07) is 11.8. The fraction of sp³-hybridized carbons (Fsp3) is 0.188. The number of carbonyl (C=O) groups excluding carboxylic acids is 1. The topological polar surface area (TPSA) is 84.5 Å². The van der Waals surface area contributed by atoms with Gasteiger partial charge in [0, 0.05) is 11.4 Å².